The van der Waals surface area contributed by atoms with Crippen LogP contribution in [0.3, 0.4) is 0 Å². The molecule has 0 aliphatic carbocycles. The summed E-state index contributed by atoms with van der Waals surface area (Å²) >= 11 is 2.80. The molecule has 0 spiro atoms. The van der Waals surface area contributed by atoms with Crippen LogP contribution in [0.2, 0.25) is 0 Å². The highest BCUT2D eigenvalue weighted by atomic mass is 32.2. The molecule has 3 rings (SSSR count). The Balaban J connectivity index is 1.90. The number of nitrogens with one attached hydrogen (secondary N) is 1. The summed E-state index contributed by atoms with van der Waals surface area (Å²) in [5, 5.41) is 15.3. The molecule has 2 unspecified atom stereocenters. The minimum Gasteiger partial charge on any atom is -0.337 e. The molecule has 2 aromatic heterocycles. The molecule has 1 N–H and O–H groups in total. The van der Waals surface area contributed by atoms with Gasteiger partial charge in [-0.2, -0.15) is 5.26 Å². The summed E-state index contributed by atoms with van der Waals surface area (Å²) < 4.78 is 13.3. The molecule has 150 valence electrons. The number of hydrogen-bond donors (Lipinski definition) is 1. The van der Waals surface area contributed by atoms with Crippen molar-refractivity contribution in [2.24, 2.45) is 5.92 Å². The van der Waals surface area contributed by atoms with Gasteiger partial charge in [-0.3, -0.25) is 4.79 Å². The van der Waals surface area contributed by atoms with Crippen LogP contribution in [-0.2, 0) is 4.79 Å². The van der Waals surface area contributed by atoms with Gasteiger partial charge >= 0.3 is 0 Å². The minimum absolute atomic E-state index is 0.0265. The lowest BCUT2D eigenvalue weighted by Crippen LogP contribution is -2.51. The van der Waals surface area contributed by atoms with Gasteiger partial charge in [0.2, 0.25) is 5.91 Å². The van der Waals surface area contributed by atoms with Crippen molar-refractivity contribution in [3.63, 3.8) is 0 Å². The molecule has 2 atom stereocenters. The lowest BCUT2D eigenvalue weighted by molar-refractivity contribution is -0.121. The van der Waals surface area contributed by atoms with Gasteiger partial charge in [0.1, 0.15) is 27.5 Å². The number of amides is 1. The number of thiophene rings is 1. The number of benzene rings is 1. The standard InChI is InChI=1S/C21H21FN4OS2/c1-12(2)21(4,10-23)26-18(27)13(3)29-20-17-16(9-28-19(17)24-11-25-20)14-5-7-15(22)8-6-14/h5-9,11-13H,1-4H3,(H,26,27). The van der Waals surface area contributed by atoms with E-state index in [4.69, 9.17) is 0 Å². The molecule has 0 saturated carbocycles. The highest BCUT2D eigenvalue weighted by molar-refractivity contribution is 8.00. The normalized spacial score (nSPS) is 14.4. The third-order valence-electron chi connectivity index (χ3n) is 4.92. The first-order chi connectivity index (χ1) is 13.7. The smallest absolute Gasteiger partial charge is 0.234 e. The van der Waals surface area contributed by atoms with E-state index >= 15 is 0 Å². The van der Waals surface area contributed by atoms with Crippen LogP contribution >= 0.6 is 23.1 Å². The monoisotopic (exact) mass is 428 g/mol. The molecular formula is C21H21FN4OS2. The first kappa shape index (κ1) is 21.2. The molecular weight excluding hydrogens is 407 g/mol. The van der Waals surface area contributed by atoms with E-state index in [1.54, 1.807) is 26.0 Å². The van der Waals surface area contributed by atoms with Gasteiger partial charge in [0.15, 0.2) is 0 Å². The fourth-order valence-corrected chi connectivity index (χ4v) is 4.57. The second kappa shape index (κ2) is 8.47. The molecule has 1 aromatic carbocycles. The molecule has 5 nitrogen and oxygen atoms in total. The van der Waals surface area contributed by atoms with Crippen molar-refractivity contribution in [1.82, 2.24) is 15.3 Å². The highest BCUT2D eigenvalue weighted by Gasteiger charge is 2.32. The van der Waals surface area contributed by atoms with Crippen molar-refractivity contribution in [3.05, 3.63) is 41.8 Å². The maximum Gasteiger partial charge on any atom is 0.234 e. The van der Waals surface area contributed by atoms with Crippen LogP contribution in [-0.4, -0.2) is 26.7 Å². The second-order valence-corrected chi connectivity index (χ2v) is 9.42. The van der Waals surface area contributed by atoms with Gasteiger partial charge in [-0.15, -0.1) is 11.3 Å². The van der Waals surface area contributed by atoms with E-state index in [2.05, 4.69) is 21.4 Å². The molecule has 29 heavy (non-hydrogen) atoms. The van der Waals surface area contributed by atoms with Crippen LogP contribution in [0.25, 0.3) is 21.3 Å². The Labute approximate surface area is 177 Å². The van der Waals surface area contributed by atoms with Crippen LogP contribution in [0.1, 0.15) is 27.7 Å². The van der Waals surface area contributed by atoms with Crippen LogP contribution < -0.4 is 5.32 Å². The molecule has 2 heterocycles. The average Bonchev–Trinajstić information content (AvgIpc) is 3.13. The zero-order chi connectivity index (χ0) is 21.2. The number of thioether (sulfide) groups is 1. The van der Waals surface area contributed by atoms with Crippen molar-refractivity contribution in [3.8, 4) is 17.2 Å². The number of carbonyl (C=O) groups is 1. The predicted octanol–water partition coefficient (Wildman–Crippen LogP) is 5.03. The number of carbonyl (C=O) groups excluding carboxylic acids is 1. The van der Waals surface area contributed by atoms with E-state index in [0.717, 1.165) is 21.3 Å². The fourth-order valence-electron chi connectivity index (χ4n) is 2.66. The van der Waals surface area contributed by atoms with Gasteiger partial charge < -0.3 is 5.32 Å². The number of hydrogen-bond acceptors (Lipinski definition) is 6. The molecule has 0 aliphatic rings. The van der Waals surface area contributed by atoms with Crippen LogP contribution in [0.15, 0.2) is 41.0 Å². The largest absolute Gasteiger partial charge is 0.337 e. The van der Waals surface area contributed by atoms with E-state index in [9.17, 15) is 14.4 Å². The van der Waals surface area contributed by atoms with Gasteiger partial charge in [0.05, 0.1) is 16.7 Å². The molecule has 0 radical (unpaired) electrons. The van der Waals surface area contributed by atoms with E-state index < -0.39 is 10.8 Å². The highest BCUT2D eigenvalue weighted by Crippen LogP contribution is 2.39. The summed E-state index contributed by atoms with van der Waals surface area (Å²) in [6.45, 7) is 7.31. The van der Waals surface area contributed by atoms with Crippen molar-refractivity contribution in [2.45, 2.75) is 43.5 Å². The van der Waals surface area contributed by atoms with Crippen molar-refractivity contribution in [1.29, 1.82) is 5.26 Å². The van der Waals surface area contributed by atoms with Gasteiger partial charge in [-0.1, -0.05) is 37.7 Å². The first-order valence-electron chi connectivity index (χ1n) is 9.13. The third kappa shape index (κ3) is 4.41. The number of halogens is 1. The molecule has 0 fully saturated rings. The molecule has 0 bridgehead atoms. The van der Waals surface area contributed by atoms with Crippen molar-refractivity contribution >= 4 is 39.2 Å². The number of aromatic nitrogens is 2. The van der Waals surface area contributed by atoms with E-state index in [0.29, 0.717) is 5.03 Å². The topological polar surface area (TPSA) is 78.7 Å². The van der Waals surface area contributed by atoms with Gasteiger partial charge in [-0.25, -0.2) is 14.4 Å². The quantitative estimate of drug-likeness (QED) is 0.440. The third-order valence-corrected chi connectivity index (χ3v) is 6.90. The molecule has 8 heteroatoms. The number of fused-ring (bicyclic) bond motifs is 1. The summed E-state index contributed by atoms with van der Waals surface area (Å²) in [4.78, 5) is 22.3. The maximum absolute atomic E-state index is 13.3. The van der Waals surface area contributed by atoms with Gasteiger partial charge in [0, 0.05) is 10.9 Å². The molecule has 0 aliphatic heterocycles. The zero-order valence-electron chi connectivity index (χ0n) is 16.6. The van der Waals surface area contributed by atoms with Crippen molar-refractivity contribution < 1.29 is 9.18 Å². The summed E-state index contributed by atoms with van der Waals surface area (Å²) in [7, 11) is 0. The SMILES string of the molecule is CC(Sc1ncnc2scc(-c3ccc(F)cc3)c12)C(=O)NC(C)(C#N)C(C)C. The fraction of sp³-hybridized carbons (Fsp3) is 0.333. The van der Waals surface area contributed by atoms with Crippen LogP contribution in [0.5, 0.6) is 0 Å². The average molecular weight is 429 g/mol. The number of rotatable bonds is 6. The minimum atomic E-state index is -0.936. The Bertz CT molecular complexity index is 1070. The summed E-state index contributed by atoms with van der Waals surface area (Å²) in [6, 6.07) is 8.46. The summed E-state index contributed by atoms with van der Waals surface area (Å²) in [6.07, 6.45) is 1.48. The Kier molecular flexibility index (Phi) is 6.20. The number of nitrogens with zero attached hydrogens (tertiary/aromatic N) is 3. The van der Waals surface area contributed by atoms with Gasteiger partial charge in [0.25, 0.3) is 0 Å². The first-order valence-corrected chi connectivity index (χ1v) is 10.9. The summed E-state index contributed by atoms with van der Waals surface area (Å²) in [5.41, 5.74) is 0.835. The van der Waals surface area contributed by atoms with E-state index in [-0.39, 0.29) is 17.6 Å². The maximum atomic E-state index is 13.3. The van der Waals surface area contributed by atoms with Crippen molar-refractivity contribution in [2.75, 3.05) is 0 Å². The summed E-state index contributed by atoms with van der Waals surface area (Å²) in [5.74, 6) is -0.547. The Morgan fingerprint density at radius 1 is 1.28 bits per heavy atom. The Morgan fingerprint density at radius 2 is 1.97 bits per heavy atom. The van der Waals surface area contributed by atoms with E-state index in [1.165, 1.54) is 41.6 Å². The Morgan fingerprint density at radius 3 is 2.59 bits per heavy atom. The van der Waals surface area contributed by atoms with Crippen LogP contribution in [0, 0.1) is 23.1 Å². The number of nitriles is 1. The molecule has 0 saturated heterocycles. The van der Waals surface area contributed by atoms with Crippen LogP contribution in [0.4, 0.5) is 4.39 Å². The van der Waals surface area contributed by atoms with Gasteiger partial charge in [-0.05, 0) is 37.5 Å². The molecule has 3 aromatic rings. The lowest BCUT2D eigenvalue weighted by atomic mass is 9.90. The molecule has 1 amide bonds. The van der Waals surface area contributed by atoms with E-state index in [1.807, 2.05) is 19.2 Å². The zero-order valence-corrected chi connectivity index (χ0v) is 18.2. The Hall–Kier alpha value is -2.50. The predicted molar refractivity (Wildman–Crippen MR) is 115 cm³/mol. The second-order valence-electron chi connectivity index (χ2n) is 7.23. The lowest BCUT2D eigenvalue weighted by Gasteiger charge is -2.28.